The molecule has 1 atom stereocenters. The van der Waals surface area contributed by atoms with Crippen LogP contribution in [0.3, 0.4) is 0 Å². The standard InChI is InChI=1S/C8H12N4O2S/c1-12-6-4-2-3-5-7(6)15(13,14)11-8(12)10-9/h2-5,8,10-11H,9H2,1H3. The van der Waals surface area contributed by atoms with Crippen molar-refractivity contribution in [3.05, 3.63) is 24.3 Å². The molecule has 2 rings (SSSR count). The molecule has 0 saturated heterocycles. The summed E-state index contributed by atoms with van der Waals surface area (Å²) >= 11 is 0. The predicted molar refractivity (Wildman–Crippen MR) is 56.3 cm³/mol. The zero-order chi connectivity index (χ0) is 11.1. The topological polar surface area (TPSA) is 87.5 Å². The van der Waals surface area contributed by atoms with Gasteiger partial charge in [-0.3, -0.25) is 5.84 Å². The minimum Gasteiger partial charge on any atom is -0.344 e. The molecule has 0 fully saturated rings. The van der Waals surface area contributed by atoms with Crippen LogP contribution in [0.2, 0.25) is 0 Å². The number of nitrogens with zero attached hydrogens (tertiary/aromatic N) is 1. The first-order valence-corrected chi connectivity index (χ1v) is 5.85. The average molecular weight is 228 g/mol. The van der Waals surface area contributed by atoms with Crippen molar-refractivity contribution in [2.75, 3.05) is 11.9 Å². The minimum absolute atomic E-state index is 0.263. The lowest BCUT2D eigenvalue weighted by molar-refractivity contribution is 0.467. The van der Waals surface area contributed by atoms with Gasteiger partial charge in [-0.2, -0.15) is 4.72 Å². The van der Waals surface area contributed by atoms with E-state index in [2.05, 4.69) is 10.1 Å². The highest BCUT2D eigenvalue weighted by atomic mass is 32.2. The van der Waals surface area contributed by atoms with Crippen LogP contribution in [-0.2, 0) is 10.0 Å². The molecule has 0 radical (unpaired) electrons. The van der Waals surface area contributed by atoms with Crippen molar-refractivity contribution >= 4 is 15.7 Å². The summed E-state index contributed by atoms with van der Waals surface area (Å²) in [6.45, 7) is 0. The van der Waals surface area contributed by atoms with E-state index in [0.29, 0.717) is 5.69 Å². The van der Waals surface area contributed by atoms with Crippen LogP contribution in [-0.4, -0.2) is 21.8 Å². The second-order valence-corrected chi connectivity index (χ2v) is 4.95. The number of hydrogen-bond acceptors (Lipinski definition) is 5. The maximum Gasteiger partial charge on any atom is 0.245 e. The van der Waals surface area contributed by atoms with E-state index < -0.39 is 16.3 Å². The number of nitrogens with two attached hydrogens (primary N) is 1. The van der Waals surface area contributed by atoms with Crippen LogP contribution in [0.1, 0.15) is 0 Å². The molecule has 15 heavy (non-hydrogen) atoms. The number of fused-ring (bicyclic) bond motifs is 1. The lowest BCUT2D eigenvalue weighted by atomic mass is 10.3. The van der Waals surface area contributed by atoms with Crippen LogP contribution in [0.4, 0.5) is 5.69 Å². The number of nitrogens with one attached hydrogen (secondary N) is 2. The van der Waals surface area contributed by atoms with Crippen LogP contribution >= 0.6 is 0 Å². The number of hydrogen-bond donors (Lipinski definition) is 3. The van der Waals surface area contributed by atoms with Gasteiger partial charge < -0.3 is 4.90 Å². The van der Waals surface area contributed by atoms with Gasteiger partial charge in [0.1, 0.15) is 4.90 Å². The van der Waals surface area contributed by atoms with Crippen LogP contribution in [0.25, 0.3) is 0 Å². The zero-order valence-electron chi connectivity index (χ0n) is 8.14. The highest BCUT2D eigenvalue weighted by molar-refractivity contribution is 7.89. The fraction of sp³-hybridized carbons (Fsp3) is 0.250. The first kappa shape index (κ1) is 10.4. The smallest absolute Gasteiger partial charge is 0.245 e. The van der Waals surface area contributed by atoms with Gasteiger partial charge in [-0.1, -0.05) is 12.1 Å². The van der Waals surface area contributed by atoms with Crippen LogP contribution in [0.15, 0.2) is 29.2 Å². The van der Waals surface area contributed by atoms with Crippen molar-refractivity contribution in [1.82, 2.24) is 10.1 Å². The predicted octanol–water partition coefficient (Wildman–Crippen LogP) is -0.838. The van der Waals surface area contributed by atoms with Crippen molar-refractivity contribution in [1.29, 1.82) is 0 Å². The monoisotopic (exact) mass is 228 g/mol. The fourth-order valence-electron chi connectivity index (χ4n) is 1.55. The van der Waals surface area contributed by atoms with Gasteiger partial charge in [0, 0.05) is 7.05 Å². The Balaban J connectivity index is 2.60. The van der Waals surface area contributed by atoms with E-state index in [1.54, 1.807) is 36.2 Å². The fourth-order valence-corrected chi connectivity index (χ4v) is 2.94. The Labute approximate surface area is 88.1 Å². The molecule has 0 aliphatic carbocycles. The molecule has 4 N–H and O–H groups in total. The molecule has 1 aliphatic heterocycles. The first-order chi connectivity index (χ1) is 7.06. The molecular formula is C8H12N4O2S. The van der Waals surface area contributed by atoms with Gasteiger partial charge >= 0.3 is 0 Å². The number of para-hydroxylation sites is 1. The lowest BCUT2D eigenvalue weighted by Crippen LogP contribution is -2.60. The number of rotatable bonds is 1. The Morgan fingerprint density at radius 3 is 2.80 bits per heavy atom. The minimum atomic E-state index is -3.47. The highest BCUT2D eigenvalue weighted by Crippen LogP contribution is 2.28. The van der Waals surface area contributed by atoms with Gasteiger partial charge in [0.05, 0.1) is 5.69 Å². The summed E-state index contributed by atoms with van der Waals surface area (Å²) in [5, 5.41) is 0. The van der Waals surface area contributed by atoms with Crippen LogP contribution in [0.5, 0.6) is 0 Å². The molecule has 0 spiro atoms. The second-order valence-electron chi connectivity index (χ2n) is 3.27. The zero-order valence-corrected chi connectivity index (χ0v) is 8.95. The van der Waals surface area contributed by atoms with E-state index in [4.69, 9.17) is 5.84 Å². The average Bonchev–Trinajstić information content (AvgIpc) is 2.24. The third-order valence-electron chi connectivity index (χ3n) is 2.35. The quantitative estimate of drug-likeness (QED) is 0.431. The molecular weight excluding hydrogens is 216 g/mol. The molecule has 0 saturated carbocycles. The Hall–Kier alpha value is -1.15. The first-order valence-electron chi connectivity index (χ1n) is 4.36. The normalized spacial score (nSPS) is 23.6. The van der Waals surface area contributed by atoms with E-state index in [1.165, 1.54) is 0 Å². The third kappa shape index (κ3) is 1.59. The summed E-state index contributed by atoms with van der Waals surface area (Å²) in [4.78, 5) is 1.98. The molecule has 1 heterocycles. The Kier molecular flexibility index (Phi) is 2.39. The third-order valence-corrected chi connectivity index (χ3v) is 3.80. The second kappa shape index (κ2) is 3.46. The van der Waals surface area contributed by atoms with E-state index in [1.807, 2.05) is 0 Å². The van der Waals surface area contributed by atoms with Gasteiger partial charge in [-0.15, -0.1) is 0 Å². The van der Waals surface area contributed by atoms with Gasteiger partial charge in [-0.05, 0) is 12.1 Å². The molecule has 1 unspecified atom stereocenters. The van der Waals surface area contributed by atoms with Crippen molar-refractivity contribution in [3.8, 4) is 0 Å². The summed E-state index contributed by atoms with van der Waals surface area (Å²) in [6, 6.07) is 6.75. The molecule has 0 bridgehead atoms. The summed E-state index contributed by atoms with van der Waals surface area (Å²) < 4.78 is 25.9. The van der Waals surface area contributed by atoms with Crippen molar-refractivity contribution in [2.45, 2.75) is 11.2 Å². The van der Waals surface area contributed by atoms with Gasteiger partial charge in [0.2, 0.25) is 10.0 Å². The summed E-state index contributed by atoms with van der Waals surface area (Å²) in [5.41, 5.74) is 3.01. The van der Waals surface area contributed by atoms with Crippen molar-refractivity contribution in [3.63, 3.8) is 0 Å². The Morgan fingerprint density at radius 2 is 2.13 bits per heavy atom. The molecule has 1 aliphatic rings. The van der Waals surface area contributed by atoms with Gasteiger partial charge in [0.25, 0.3) is 0 Å². The maximum absolute atomic E-state index is 11.8. The van der Waals surface area contributed by atoms with E-state index in [0.717, 1.165) is 0 Å². The summed E-state index contributed by atoms with van der Waals surface area (Å²) in [7, 11) is -1.72. The van der Waals surface area contributed by atoms with E-state index in [-0.39, 0.29) is 4.90 Å². The van der Waals surface area contributed by atoms with E-state index in [9.17, 15) is 8.42 Å². The van der Waals surface area contributed by atoms with Crippen molar-refractivity contribution in [2.24, 2.45) is 5.84 Å². The Morgan fingerprint density at radius 1 is 1.47 bits per heavy atom. The summed E-state index contributed by atoms with van der Waals surface area (Å²) in [6.07, 6.45) is -0.620. The van der Waals surface area contributed by atoms with Crippen molar-refractivity contribution < 1.29 is 8.42 Å². The number of hydrazine groups is 1. The van der Waals surface area contributed by atoms with Crippen LogP contribution in [0, 0.1) is 0 Å². The van der Waals surface area contributed by atoms with Crippen LogP contribution < -0.4 is 20.9 Å². The molecule has 7 heteroatoms. The molecule has 0 amide bonds. The SMILES string of the molecule is CN1c2ccccc2S(=O)(=O)NC1NN. The summed E-state index contributed by atoms with van der Waals surface area (Å²) in [5.74, 6) is 5.25. The lowest BCUT2D eigenvalue weighted by Gasteiger charge is -2.35. The number of anilines is 1. The molecule has 82 valence electrons. The molecule has 6 nitrogen and oxygen atoms in total. The Bertz CT molecular complexity index is 473. The van der Waals surface area contributed by atoms with Gasteiger partial charge in [-0.25, -0.2) is 13.8 Å². The van der Waals surface area contributed by atoms with Gasteiger partial charge in [0.15, 0.2) is 6.29 Å². The molecule has 1 aromatic rings. The maximum atomic E-state index is 11.8. The molecule has 0 aromatic heterocycles. The number of sulfonamides is 1. The highest BCUT2D eigenvalue weighted by Gasteiger charge is 2.31. The van der Waals surface area contributed by atoms with E-state index >= 15 is 0 Å². The molecule has 1 aromatic carbocycles. The largest absolute Gasteiger partial charge is 0.344 e. The number of benzene rings is 1.